The van der Waals surface area contributed by atoms with Crippen LogP contribution >= 0.6 is 12.6 Å². The fraction of sp³-hybridized carbons (Fsp3) is 1.00. The van der Waals surface area contributed by atoms with Gasteiger partial charge in [0.15, 0.2) is 44.0 Å². The normalized spacial score (nSPS) is 51.5. The number of aliphatic hydroxyl groups is 21. The number of hydrogen-bond donors (Lipinski definition) is 22. The van der Waals surface area contributed by atoms with E-state index in [1.165, 1.54) is 6.92 Å². The van der Waals surface area contributed by atoms with E-state index in [0.717, 1.165) is 0 Å². The molecule has 7 rings (SSSR count). The summed E-state index contributed by atoms with van der Waals surface area (Å²) in [5.74, 6) is -1.06. The number of aliphatic hydroxyl groups excluding tert-OH is 21. The Kier molecular flexibility index (Phi) is 25.4. The van der Waals surface area contributed by atoms with Crippen LogP contribution in [0.2, 0.25) is 0 Å². The van der Waals surface area contributed by atoms with Gasteiger partial charge >= 0.3 is 0 Å². The first kappa shape index (κ1) is 68.4. The van der Waals surface area contributed by atoms with E-state index in [-0.39, 0.29) is 18.8 Å². The Morgan fingerprint density at radius 1 is 0.293 bits per heavy atom. The second-order valence-corrected chi connectivity index (χ2v) is 21.3. The number of rotatable bonds is 23. The second kappa shape index (κ2) is 30.4. The van der Waals surface area contributed by atoms with Crippen LogP contribution in [-0.2, 0) is 66.3 Å². The molecular formula is C46H80O35S. The maximum atomic E-state index is 12.1. The molecule has 0 aromatic carbocycles. The third-order valence-corrected chi connectivity index (χ3v) is 15.8. The number of hydrogen-bond acceptors (Lipinski definition) is 36. The molecular weight excluding hydrogens is 1140 g/mol. The van der Waals surface area contributed by atoms with Gasteiger partial charge < -0.3 is 174 Å². The summed E-state index contributed by atoms with van der Waals surface area (Å²) in [4.78, 5) is 0. The number of thiol groups is 1. The third kappa shape index (κ3) is 14.7. The Morgan fingerprint density at radius 2 is 0.634 bits per heavy atom. The first-order valence-corrected chi connectivity index (χ1v) is 27.2. The molecule has 0 radical (unpaired) electrons. The molecule has 0 bridgehead atoms. The van der Waals surface area contributed by atoms with Gasteiger partial charge in [-0.3, -0.25) is 0 Å². The lowest BCUT2D eigenvalue weighted by Gasteiger charge is -2.51. The van der Waals surface area contributed by atoms with Crippen LogP contribution in [0, 0.1) is 5.92 Å². The fourth-order valence-electron chi connectivity index (χ4n) is 10.4. The van der Waals surface area contributed by atoms with Gasteiger partial charge in [0.1, 0.15) is 159 Å². The van der Waals surface area contributed by atoms with Gasteiger partial charge in [0.05, 0.1) is 59.0 Å². The summed E-state index contributed by atoms with van der Waals surface area (Å²) >= 11 is 4.19. The van der Waals surface area contributed by atoms with Gasteiger partial charge in [-0.2, -0.15) is 12.6 Å². The first-order chi connectivity index (χ1) is 39.0. The molecule has 82 heavy (non-hydrogen) atoms. The molecule has 480 valence electrons. The van der Waals surface area contributed by atoms with Crippen molar-refractivity contribution < 1.29 is 174 Å². The molecule has 7 saturated heterocycles. The van der Waals surface area contributed by atoms with Crippen LogP contribution in [0.1, 0.15) is 13.3 Å². The van der Waals surface area contributed by atoms with Crippen LogP contribution < -0.4 is 0 Å². The molecule has 7 heterocycles. The van der Waals surface area contributed by atoms with Gasteiger partial charge in [-0.15, -0.1) is 0 Å². The van der Waals surface area contributed by atoms with E-state index < -0.39 is 261 Å². The predicted molar refractivity (Wildman–Crippen MR) is 257 cm³/mol. The number of ether oxygens (including phenoxy) is 14. The van der Waals surface area contributed by atoms with Crippen molar-refractivity contribution in [1.29, 1.82) is 0 Å². The SMILES string of the molecule is CC1[C@H](OC2[C@H](O[C@@H]3C(CO[C@@H]4OC(CO)[C@@H](O)[C@H](O)C4O[C@@H]4OC(CO)[C@@H](O)[C@H](O)C4O)O[C@H](OCCCS)C(O)[C@H]3O[C@@H]3OC(CO)[C@@H](O)[C@H](O)C3O)OC(CO)[C@@H](O)[C@@H]2O)OC(CO)[C@@H](O[C@@H]2OC(CO)[C@H](O)[C@H](O)C2O)[C@@H]1O. The Hall–Kier alpha value is -1.05. The van der Waals surface area contributed by atoms with Crippen molar-refractivity contribution in [2.45, 2.75) is 222 Å². The zero-order valence-electron chi connectivity index (χ0n) is 43.8. The maximum Gasteiger partial charge on any atom is 0.187 e. The average molecular weight is 1230 g/mol. The molecule has 21 N–H and O–H groups in total. The van der Waals surface area contributed by atoms with E-state index in [2.05, 4.69) is 12.6 Å². The summed E-state index contributed by atoms with van der Waals surface area (Å²) in [5.41, 5.74) is 0. The summed E-state index contributed by atoms with van der Waals surface area (Å²) < 4.78 is 82.9. The van der Waals surface area contributed by atoms with Crippen molar-refractivity contribution in [1.82, 2.24) is 0 Å². The monoisotopic (exact) mass is 1220 g/mol. The van der Waals surface area contributed by atoms with E-state index in [4.69, 9.17) is 66.3 Å². The van der Waals surface area contributed by atoms with Crippen LogP contribution in [0.4, 0.5) is 0 Å². The molecule has 14 unspecified atom stereocenters. The summed E-state index contributed by atoms with van der Waals surface area (Å²) in [5, 5.41) is 226. The van der Waals surface area contributed by atoms with Crippen LogP contribution in [-0.4, -0.2) is 375 Å². The molecule has 36 heteroatoms. The minimum atomic E-state index is -2.16. The average Bonchev–Trinajstić information content (AvgIpc) is 3.67. The third-order valence-electron chi connectivity index (χ3n) is 15.4. The largest absolute Gasteiger partial charge is 0.394 e. The molecule has 7 aliphatic rings. The van der Waals surface area contributed by atoms with Crippen molar-refractivity contribution in [2.24, 2.45) is 5.92 Å². The molecule has 7 fully saturated rings. The molecule has 7 aliphatic heterocycles. The zero-order chi connectivity index (χ0) is 60.2. The van der Waals surface area contributed by atoms with Crippen molar-refractivity contribution in [2.75, 3.05) is 58.6 Å². The van der Waals surface area contributed by atoms with Gasteiger partial charge in [-0.25, -0.2) is 0 Å². The van der Waals surface area contributed by atoms with Crippen LogP contribution in [0.5, 0.6) is 0 Å². The van der Waals surface area contributed by atoms with Crippen molar-refractivity contribution >= 4 is 12.6 Å². The van der Waals surface area contributed by atoms with Crippen LogP contribution in [0.3, 0.4) is 0 Å². The maximum absolute atomic E-state index is 12.1. The van der Waals surface area contributed by atoms with E-state index in [1.54, 1.807) is 0 Å². The second-order valence-electron chi connectivity index (χ2n) is 20.9. The van der Waals surface area contributed by atoms with E-state index in [1.807, 2.05) is 0 Å². The van der Waals surface area contributed by atoms with Gasteiger partial charge in [-0.05, 0) is 12.2 Å². The highest BCUT2D eigenvalue weighted by atomic mass is 32.1. The Morgan fingerprint density at radius 3 is 1.07 bits per heavy atom. The molecule has 35 atom stereocenters. The summed E-state index contributed by atoms with van der Waals surface area (Å²) in [6.07, 6.45) is -64.3. The van der Waals surface area contributed by atoms with E-state index >= 15 is 0 Å². The van der Waals surface area contributed by atoms with Gasteiger partial charge in [0.25, 0.3) is 0 Å². The zero-order valence-corrected chi connectivity index (χ0v) is 44.7. The van der Waals surface area contributed by atoms with Crippen molar-refractivity contribution in [3.05, 3.63) is 0 Å². The lowest BCUT2D eigenvalue weighted by atomic mass is 9.91. The summed E-state index contributed by atoms with van der Waals surface area (Å²) in [6.45, 7) is -5.48. The van der Waals surface area contributed by atoms with Crippen LogP contribution in [0.25, 0.3) is 0 Å². The van der Waals surface area contributed by atoms with Crippen molar-refractivity contribution in [3.8, 4) is 0 Å². The van der Waals surface area contributed by atoms with E-state index in [9.17, 15) is 107 Å². The highest BCUT2D eigenvalue weighted by Gasteiger charge is 2.59. The molecule has 0 amide bonds. The standard InChI is InChI=1S/C46H80O35S/c1-12-20(53)35(77-42-31(64)26(59)21(54)13(5-47)70-42)18(10-52)75-40(12)80-39-30(63)25(58)17(9-51)74-46(39)78-36-19(76-41(68-3-2-4-82)34(67)37(36)79-43-32(65)27(60)22(55)14(6-48)71-43)11-69-45-38(29(62)24(57)16(8-50)73-45)81-44-33(66)28(61)23(56)15(7-49)72-44/h12-67,82H,2-11H2,1H3/t12?,13?,14?,15?,16?,17?,18?,19?,20-,21+,22-,23-,24-,25-,26+,27+,28+,29+,30+,31?,32?,33?,34?,35-,36-,37-,38?,39?,40+,41+,42+,43+,44+,45-,46+/m1/s1. The van der Waals surface area contributed by atoms with E-state index in [0.29, 0.717) is 0 Å². The highest BCUT2D eigenvalue weighted by molar-refractivity contribution is 7.80. The van der Waals surface area contributed by atoms with Crippen LogP contribution in [0.15, 0.2) is 0 Å². The molecule has 0 spiro atoms. The minimum absolute atomic E-state index is 0.182. The lowest BCUT2D eigenvalue weighted by Crippen LogP contribution is -2.68. The Labute approximate surface area is 472 Å². The minimum Gasteiger partial charge on any atom is -0.394 e. The molecule has 0 saturated carbocycles. The van der Waals surface area contributed by atoms with Gasteiger partial charge in [0.2, 0.25) is 0 Å². The topological polar surface area (TPSA) is 554 Å². The fourth-order valence-corrected chi connectivity index (χ4v) is 10.6. The summed E-state index contributed by atoms with van der Waals surface area (Å²) in [7, 11) is 0. The van der Waals surface area contributed by atoms with Gasteiger partial charge in [-0.1, -0.05) is 6.92 Å². The Bertz CT molecular complexity index is 1890. The van der Waals surface area contributed by atoms with Gasteiger partial charge in [0, 0.05) is 5.92 Å². The molecule has 0 aromatic heterocycles. The lowest BCUT2D eigenvalue weighted by molar-refractivity contribution is -0.406. The van der Waals surface area contributed by atoms with Crippen molar-refractivity contribution in [3.63, 3.8) is 0 Å². The smallest absolute Gasteiger partial charge is 0.187 e. The Balaban J connectivity index is 1.23. The highest BCUT2D eigenvalue weighted by Crippen LogP contribution is 2.39. The molecule has 0 aromatic rings. The quantitative estimate of drug-likeness (QED) is 0.0334. The molecule has 0 aliphatic carbocycles. The first-order valence-electron chi connectivity index (χ1n) is 26.6. The summed E-state index contributed by atoms with van der Waals surface area (Å²) in [6, 6.07) is 0. The predicted octanol–water partition coefficient (Wildman–Crippen LogP) is -13.7. The molecule has 35 nitrogen and oxygen atoms in total.